The van der Waals surface area contributed by atoms with Crippen LogP contribution in [0.2, 0.25) is 0 Å². The Balaban J connectivity index is 2.65. The Kier molecular flexibility index (Phi) is 3.87. The minimum atomic E-state index is -0.269. The normalized spacial score (nSPS) is 9.73. The standard InChI is InChI=1S/C12H14N2O/c1-9(2)10-3-5-11(6-4-10)14-12(15)7-8-13/h3-6,9H,7H2,1-2H3,(H,14,15). The number of hydrogen-bond donors (Lipinski definition) is 1. The number of benzene rings is 1. The Bertz CT molecular complexity index is 374. The lowest BCUT2D eigenvalue weighted by molar-refractivity contribution is -0.115. The SMILES string of the molecule is CC(C)c1ccc(NC(=O)CC#N)cc1. The van der Waals surface area contributed by atoms with E-state index < -0.39 is 0 Å². The molecule has 0 aliphatic heterocycles. The van der Waals surface area contributed by atoms with Crippen molar-refractivity contribution in [2.45, 2.75) is 26.2 Å². The van der Waals surface area contributed by atoms with E-state index in [-0.39, 0.29) is 12.3 Å². The molecule has 0 aromatic heterocycles. The van der Waals surface area contributed by atoms with Crippen LogP contribution in [0, 0.1) is 11.3 Å². The molecule has 0 saturated carbocycles. The number of nitriles is 1. The van der Waals surface area contributed by atoms with Gasteiger partial charge in [-0.1, -0.05) is 26.0 Å². The molecule has 1 aromatic rings. The van der Waals surface area contributed by atoms with E-state index in [1.807, 2.05) is 24.3 Å². The zero-order chi connectivity index (χ0) is 11.3. The third-order valence-corrected chi connectivity index (χ3v) is 2.10. The fourth-order valence-electron chi connectivity index (χ4n) is 1.23. The highest BCUT2D eigenvalue weighted by Crippen LogP contribution is 2.17. The second-order valence-electron chi connectivity index (χ2n) is 3.66. The second kappa shape index (κ2) is 5.16. The van der Waals surface area contributed by atoms with Crippen molar-refractivity contribution >= 4 is 11.6 Å². The first-order valence-corrected chi connectivity index (χ1v) is 4.90. The van der Waals surface area contributed by atoms with Crippen LogP contribution < -0.4 is 5.32 Å². The van der Waals surface area contributed by atoms with E-state index in [2.05, 4.69) is 19.2 Å². The Morgan fingerprint density at radius 1 is 1.40 bits per heavy atom. The maximum atomic E-state index is 11.1. The molecular formula is C12H14N2O. The lowest BCUT2D eigenvalue weighted by Crippen LogP contribution is -2.09. The van der Waals surface area contributed by atoms with Crippen LogP contribution in [0.3, 0.4) is 0 Å². The molecule has 0 bridgehead atoms. The van der Waals surface area contributed by atoms with Gasteiger partial charge in [-0.2, -0.15) is 5.26 Å². The van der Waals surface area contributed by atoms with Gasteiger partial charge in [0, 0.05) is 5.69 Å². The van der Waals surface area contributed by atoms with Crippen LogP contribution in [0.15, 0.2) is 24.3 Å². The van der Waals surface area contributed by atoms with Gasteiger partial charge >= 0.3 is 0 Å². The van der Waals surface area contributed by atoms with Crippen LogP contribution in [0.1, 0.15) is 31.7 Å². The average Bonchev–Trinajstić information content (AvgIpc) is 2.18. The first-order valence-electron chi connectivity index (χ1n) is 4.90. The number of nitrogens with zero attached hydrogens (tertiary/aromatic N) is 1. The van der Waals surface area contributed by atoms with Gasteiger partial charge in [0.05, 0.1) is 6.07 Å². The summed E-state index contributed by atoms with van der Waals surface area (Å²) in [4.78, 5) is 11.1. The molecule has 1 N–H and O–H groups in total. The molecule has 0 radical (unpaired) electrons. The van der Waals surface area contributed by atoms with Crippen LogP contribution in [-0.4, -0.2) is 5.91 Å². The van der Waals surface area contributed by atoms with Gasteiger partial charge in [-0.3, -0.25) is 4.79 Å². The molecule has 1 rings (SSSR count). The van der Waals surface area contributed by atoms with E-state index in [9.17, 15) is 4.79 Å². The smallest absolute Gasteiger partial charge is 0.238 e. The van der Waals surface area contributed by atoms with E-state index in [1.165, 1.54) is 5.56 Å². The van der Waals surface area contributed by atoms with Crippen molar-refractivity contribution in [2.75, 3.05) is 5.32 Å². The predicted octanol–water partition coefficient (Wildman–Crippen LogP) is 2.66. The van der Waals surface area contributed by atoms with Gasteiger partial charge in [-0.15, -0.1) is 0 Å². The number of amides is 1. The lowest BCUT2D eigenvalue weighted by Gasteiger charge is -2.07. The monoisotopic (exact) mass is 202 g/mol. The van der Waals surface area contributed by atoms with Gasteiger partial charge in [0.25, 0.3) is 0 Å². The molecule has 0 aliphatic rings. The zero-order valence-electron chi connectivity index (χ0n) is 8.95. The van der Waals surface area contributed by atoms with Gasteiger partial charge in [0.1, 0.15) is 6.42 Å². The highest BCUT2D eigenvalue weighted by atomic mass is 16.1. The number of anilines is 1. The number of hydrogen-bond acceptors (Lipinski definition) is 2. The van der Waals surface area contributed by atoms with Gasteiger partial charge < -0.3 is 5.32 Å². The van der Waals surface area contributed by atoms with Crippen molar-refractivity contribution in [1.29, 1.82) is 5.26 Å². The van der Waals surface area contributed by atoms with Gasteiger partial charge in [-0.25, -0.2) is 0 Å². The van der Waals surface area contributed by atoms with Gasteiger partial charge in [0.15, 0.2) is 0 Å². The van der Waals surface area contributed by atoms with Crippen LogP contribution >= 0.6 is 0 Å². The molecule has 0 fully saturated rings. The van der Waals surface area contributed by atoms with Crippen molar-refractivity contribution in [1.82, 2.24) is 0 Å². The molecule has 0 heterocycles. The summed E-state index contributed by atoms with van der Waals surface area (Å²) in [6, 6.07) is 9.47. The van der Waals surface area contributed by atoms with E-state index in [0.29, 0.717) is 5.92 Å². The summed E-state index contributed by atoms with van der Waals surface area (Å²) in [6.07, 6.45) is -0.105. The third-order valence-electron chi connectivity index (χ3n) is 2.10. The van der Waals surface area contributed by atoms with Crippen LogP contribution in [0.4, 0.5) is 5.69 Å². The van der Waals surface area contributed by atoms with E-state index >= 15 is 0 Å². The van der Waals surface area contributed by atoms with Crippen molar-refractivity contribution in [3.8, 4) is 6.07 Å². The zero-order valence-corrected chi connectivity index (χ0v) is 8.95. The van der Waals surface area contributed by atoms with Crippen LogP contribution in [0.25, 0.3) is 0 Å². The van der Waals surface area contributed by atoms with Crippen LogP contribution in [-0.2, 0) is 4.79 Å². The van der Waals surface area contributed by atoms with Crippen molar-refractivity contribution in [3.63, 3.8) is 0 Å². The largest absolute Gasteiger partial charge is 0.325 e. The number of rotatable bonds is 3. The summed E-state index contributed by atoms with van der Waals surface area (Å²) in [7, 11) is 0. The molecule has 0 unspecified atom stereocenters. The molecule has 0 atom stereocenters. The minimum absolute atomic E-state index is 0.105. The molecule has 0 aliphatic carbocycles. The Hall–Kier alpha value is -1.82. The summed E-state index contributed by atoms with van der Waals surface area (Å²) in [5.41, 5.74) is 1.97. The summed E-state index contributed by atoms with van der Waals surface area (Å²) >= 11 is 0. The first kappa shape index (κ1) is 11.3. The summed E-state index contributed by atoms with van der Waals surface area (Å²) in [6.45, 7) is 4.23. The third kappa shape index (κ3) is 3.43. The Morgan fingerprint density at radius 2 is 2.00 bits per heavy atom. The average molecular weight is 202 g/mol. The molecule has 1 aromatic carbocycles. The molecular weight excluding hydrogens is 188 g/mol. The highest BCUT2D eigenvalue weighted by molar-refractivity contribution is 5.91. The van der Waals surface area contributed by atoms with E-state index in [4.69, 9.17) is 5.26 Å². The molecule has 0 saturated heterocycles. The number of carbonyl (C=O) groups is 1. The minimum Gasteiger partial charge on any atom is -0.325 e. The van der Waals surface area contributed by atoms with Gasteiger partial charge in [0.2, 0.25) is 5.91 Å². The maximum Gasteiger partial charge on any atom is 0.238 e. The van der Waals surface area contributed by atoms with E-state index in [1.54, 1.807) is 6.07 Å². The first-order chi connectivity index (χ1) is 7.13. The Morgan fingerprint density at radius 3 is 2.47 bits per heavy atom. The molecule has 15 heavy (non-hydrogen) atoms. The molecule has 0 spiro atoms. The quantitative estimate of drug-likeness (QED) is 0.819. The lowest BCUT2D eigenvalue weighted by atomic mass is 10.0. The second-order valence-corrected chi connectivity index (χ2v) is 3.66. The van der Waals surface area contributed by atoms with E-state index in [0.717, 1.165) is 5.69 Å². The van der Waals surface area contributed by atoms with Crippen molar-refractivity contribution in [3.05, 3.63) is 29.8 Å². The summed E-state index contributed by atoms with van der Waals surface area (Å²) in [5, 5.41) is 11.0. The number of carbonyl (C=O) groups excluding carboxylic acids is 1. The molecule has 3 nitrogen and oxygen atoms in total. The molecule has 3 heteroatoms. The fraction of sp³-hybridized carbons (Fsp3) is 0.333. The summed E-state index contributed by atoms with van der Waals surface area (Å²) < 4.78 is 0. The fourth-order valence-corrected chi connectivity index (χ4v) is 1.23. The maximum absolute atomic E-state index is 11.1. The Labute approximate surface area is 89.7 Å². The van der Waals surface area contributed by atoms with Crippen LogP contribution in [0.5, 0.6) is 0 Å². The molecule has 1 amide bonds. The van der Waals surface area contributed by atoms with Crippen molar-refractivity contribution < 1.29 is 4.79 Å². The predicted molar refractivity (Wildman–Crippen MR) is 59.4 cm³/mol. The molecule has 78 valence electrons. The highest BCUT2D eigenvalue weighted by Gasteiger charge is 2.02. The topological polar surface area (TPSA) is 52.9 Å². The number of nitrogens with one attached hydrogen (secondary N) is 1. The van der Waals surface area contributed by atoms with Gasteiger partial charge in [-0.05, 0) is 23.6 Å². The summed E-state index contributed by atoms with van der Waals surface area (Å²) in [5.74, 6) is 0.212. The van der Waals surface area contributed by atoms with Crippen molar-refractivity contribution in [2.24, 2.45) is 0 Å².